The standard InChI is InChI=1S/C18H15N7S/c1-12(15-10-24-18(23-15)26-11-20-24)21-17-9-14(13-5-3-2-4-6-13)22-16-7-8-19-25(16)17/h2-12,21H,1H3. The molecule has 7 nitrogen and oxygen atoms in total. The van der Waals surface area contributed by atoms with E-state index < -0.39 is 0 Å². The molecule has 0 radical (unpaired) electrons. The molecular weight excluding hydrogens is 346 g/mol. The van der Waals surface area contributed by atoms with Crippen LogP contribution < -0.4 is 5.32 Å². The molecule has 1 unspecified atom stereocenters. The van der Waals surface area contributed by atoms with E-state index in [9.17, 15) is 0 Å². The lowest BCUT2D eigenvalue weighted by molar-refractivity contribution is 0.816. The second-order valence-corrected chi connectivity index (χ2v) is 6.80. The highest BCUT2D eigenvalue weighted by atomic mass is 32.1. The van der Waals surface area contributed by atoms with Crippen LogP contribution >= 0.6 is 11.3 Å². The Bertz CT molecular complexity index is 1160. The van der Waals surface area contributed by atoms with E-state index in [1.165, 1.54) is 11.3 Å². The fourth-order valence-electron chi connectivity index (χ4n) is 2.93. The number of hydrogen-bond acceptors (Lipinski definition) is 6. The Morgan fingerprint density at radius 1 is 1.08 bits per heavy atom. The normalized spacial score (nSPS) is 12.7. The summed E-state index contributed by atoms with van der Waals surface area (Å²) in [4.78, 5) is 10.2. The van der Waals surface area contributed by atoms with E-state index in [4.69, 9.17) is 4.98 Å². The summed E-state index contributed by atoms with van der Waals surface area (Å²) < 4.78 is 3.60. The third-order valence-corrected chi connectivity index (χ3v) is 4.93. The second-order valence-electron chi connectivity index (χ2n) is 5.99. The summed E-state index contributed by atoms with van der Waals surface area (Å²) in [5.41, 5.74) is 5.49. The molecule has 1 N–H and O–H groups in total. The van der Waals surface area contributed by atoms with Gasteiger partial charge in [0.25, 0.3) is 0 Å². The number of nitrogens with zero attached hydrogens (tertiary/aromatic N) is 6. The number of fused-ring (bicyclic) bond motifs is 2. The zero-order valence-corrected chi connectivity index (χ0v) is 14.8. The third-order valence-electron chi connectivity index (χ3n) is 4.24. The van der Waals surface area contributed by atoms with Crippen LogP contribution in [0.15, 0.2) is 60.4 Å². The number of imidazole rings is 1. The van der Waals surface area contributed by atoms with Gasteiger partial charge in [0.2, 0.25) is 4.96 Å². The highest BCUT2D eigenvalue weighted by Gasteiger charge is 2.15. The molecular formula is C18H15N7S. The molecule has 4 aromatic heterocycles. The van der Waals surface area contributed by atoms with E-state index in [1.807, 2.05) is 36.5 Å². The van der Waals surface area contributed by atoms with Crippen molar-refractivity contribution < 1.29 is 0 Å². The van der Waals surface area contributed by atoms with Crippen LogP contribution in [0.25, 0.3) is 21.9 Å². The van der Waals surface area contributed by atoms with Crippen molar-refractivity contribution in [1.29, 1.82) is 0 Å². The smallest absolute Gasteiger partial charge is 0.212 e. The van der Waals surface area contributed by atoms with Gasteiger partial charge in [0.15, 0.2) is 5.65 Å². The molecule has 0 spiro atoms. The first-order chi connectivity index (χ1) is 12.8. The van der Waals surface area contributed by atoms with Crippen LogP contribution in [-0.4, -0.2) is 29.2 Å². The minimum Gasteiger partial charge on any atom is -0.362 e. The van der Waals surface area contributed by atoms with Crippen molar-refractivity contribution in [1.82, 2.24) is 29.2 Å². The number of nitrogens with one attached hydrogen (secondary N) is 1. The van der Waals surface area contributed by atoms with Gasteiger partial charge >= 0.3 is 0 Å². The van der Waals surface area contributed by atoms with E-state index in [2.05, 4.69) is 39.6 Å². The van der Waals surface area contributed by atoms with Crippen LogP contribution in [0.4, 0.5) is 5.82 Å². The first-order valence-corrected chi connectivity index (χ1v) is 9.11. The average Bonchev–Trinajstić information content (AvgIpc) is 3.38. The summed E-state index contributed by atoms with van der Waals surface area (Å²) in [6, 6.07) is 14.1. The summed E-state index contributed by atoms with van der Waals surface area (Å²) in [5.74, 6) is 0.871. The number of anilines is 1. The monoisotopic (exact) mass is 361 g/mol. The van der Waals surface area contributed by atoms with E-state index in [1.54, 1.807) is 20.7 Å². The zero-order valence-electron chi connectivity index (χ0n) is 13.9. The molecule has 5 rings (SSSR count). The molecule has 0 aliphatic carbocycles. The summed E-state index contributed by atoms with van der Waals surface area (Å²) in [7, 11) is 0. The highest BCUT2D eigenvalue weighted by Crippen LogP contribution is 2.25. The quantitative estimate of drug-likeness (QED) is 0.529. The van der Waals surface area contributed by atoms with Gasteiger partial charge in [-0.2, -0.15) is 14.7 Å². The van der Waals surface area contributed by atoms with Gasteiger partial charge in [-0.3, -0.25) is 0 Å². The Labute approximate surface area is 153 Å². The number of rotatable bonds is 4. The van der Waals surface area contributed by atoms with Crippen molar-refractivity contribution in [3.8, 4) is 11.3 Å². The van der Waals surface area contributed by atoms with Crippen LogP contribution in [-0.2, 0) is 0 Å². The first kappa shape index (κ1) is 15.0. The Morgan fingerprint density at radius 2 is 1.96 bits per heavy atom. The molecule has 0 saturated carbocycles. The fraction of sp³-hybridized carbons (Fsp3) is 0.111. The lowest BCUT2D eigenvalue weighted by Crippen LogP contribution is -2.11. The molecule has 4 heterocycles. The predicted octanol–water partition coefficient (Wildman–Crippen LogP) is 3.67. The van der Waals surface area contributed by atoms with Gasteiger partial charge in [0.1, 0.15) is 11.3 Å². The molecule has 128 valence electrons. The van der Waals surface area contributed by atoms with Crippen molar-refractivity contribution in [2.24, 2.45) is 0 Å². The maximum atomic E-state index is 4.71. The topological polar surface area (TPSA) is 72.4 Å². The molecule has 8 heteroatoms. The minimum absolute atomic E-state index is 0.00215. The van der Waals surface area contributed by atoms with E-state index in [0.717, 1.165) is 33.4 Å². The molecule has 0 fully saturated rings. The second kappa shape index (κ2) is 5.92. The number of aromatic nitrogens is 6. The van der Waals surface area contributed by atoms with E-state index in [0.29, 0.717) is 0 Å². The Morgan fingerprint density at radius 3 is 2.81 bits per heavy atom. The fourth-order valence-corrected chi connectivity index (χ4v) is 3.54. The van der Waals surface area contributed by atoms with Crippen molar-refractivity contribution in [2.75, 3.05) is 5.32 Å². The van der Waals surface area contributed by atoms with Crippen LogP contribution in [0.2, 0.25) is 0 Å². The number of hydrogen-bond donors (Lipinski definition) is 1. The first-order valence-electron chi connectivity index (χ1n) is 8.23. The largest absolute Gasteiger partial charge is 0.362 e. The molecule has 5 aromatic rings. The van der Waals surface area contributed by atoms with Crippen LogP contribution in [0.3, 0.4) is 0 Å². The molecule has 1 aromatic carbocycles. The molecule has 0 amide bonds. The van der Waals surface area contributed by atoms with Gasteiger partial charge in [0.05, 0.1) is 29.8 Å². The predicted molar refractivity (Wildman–Crippen MR) is 101 cm³/mol. The van der Waals surface area contributed by atoms with Gasteiger partial charge in [-0.05, 0) is 6.92 Å². The summed E-state index contributed by atoms with van der Waals surface area (Å²) in [5, 5.41) is 12.1. The van der Waals surface area contributed by atoms with Gasteiger partial charge in [-0.25, -0.2) is 14.5 Å². The van der Waals surface area contributed by atoms with Crippen molar-refractivity contribution >= 4 is 27.8 Å². The zero-order chi connectivity index (χ0) is 17.5. The molecule has 1 atom stereocenters. The SMILES string of the molecule is CC(Nc1cc(-c2ccccc2)nc2ccnn12)c1cn2ncsc2n1. The van der Waals surface area contributed by atoms with Crippen LogP contribution in [0.5, 0.6) is 0 Å². The maximum absolute atomic E-state index is 4.71. The Kier molecular flexibility index (Phi) is 3.42. The van der Waals surface area contributed by atoms with Crippen molar-refractivity contribution in [3.63, 3.8) is 0 Å². The highest BCUT2D eigenvalue weighted by molar-refractivity contribution is 7.14. The van der Waals surface area contributed by atoms with Crippen molar-refractivity contribution in [2.45, 2.75) is 13.0 Å². The summed E-state index contributed by atoms with van der Waals surface area (Å²) >= 11 is 1.52. The van der Waals surface area contributed by atoms with Gasteiger partial charge < -0.3 is 5.32 Å². The Hall–Kier alpha value is -3.26. The summed E-state index contributed by atoms with van der Waals surface area (Å²) in [6.07, 6.45) is 3.70. The average molecular weight is 361 g/mol. The van der Waals surface area contributed by atoms with Gasteiger partial charge in [0, 0.05) is 17.7 Å². The molecule has 0 bridgehead atoms. The van der Waals surface area contributed by atoms with Gasteiger partial charge in [-0.15, -0.1) is 0 Å². The maximum Gasteiger partial charge on any atom is 0.212 e. The number of benzene rings is 1. The molecule has 26 heavy (non-hydrogen) atoms. The van der Waals surface area contributed by atoms with Crippen molar-refractivity contribution in [3.05, 3.63) is 66.1 Å². The van der Waals surface area contributed by atoms with E-state index >= 15 is 0 Å². The lowest BCUT2D eigenvalue weighted by Gasteiger charge is -2.15. The molecule has 0 aliphatic heterocycles. The molecule has 0 aliphatic rings. The Balaban J connectivity index is 1.55. The minimum atomic E-state index is 0.00215. The van der Waals surface area contributed by atoms with Gasteiger partial charge in [-0.1, -0.05) is 41.7 Å². The summed E-state index contributed by atoms with van der Waals surface area (Å²) in [6.45, 7) is 2.07. The van der Waals surface area contributed by atoms with Crippen LogP contribution in [0, 0.1) is 0 Å². The van der Waals surface area contributed by atoms with Crippen LogP contribution in [0.1, 0.15) is 18.7 Å². The van der Waals surface area contributed by atoms with E-state index in [-0.39, 0.29) is 6.04 Å². The lowest BCUT2D eigenvalue weighted by atomic mass is 10.1. The molecule has 0 saturated heterocycles. The third kappa shape index (κ3) is 2.51.